The molecule has 0 radical (unpaired) electrons. The van der Waals surface area contributed by atoms with Crippen molar-refractivity contribution in [2.24, 2.45) is 5.92 Å². The highest BCUT2D eigenvalue weighted by Gasteiger charge is 2.13. The minimum Gasteiger partial charge on any atom is -0.508 e. The van der Waals surface area contributed by atoms with Gasteiger partial charge in [-0.3, -0.25) is 0 Å². The quantitative estimate of drug-likeness (QED) is 0.778. The Morgan fingerprint density at radius 1 is 1.15 bits per heavy atom. The highest BCUT2D eigenvalue weighted by Crippen LogP contribution is 2.25. The molecule has 1 atom stereocenters. The second kappa shape index (κ2) is 8.31. The molecule has 0 spiro atoms. The van der Waals surface area contributed by atoms with Gasteiger partial charge in [-0.2, -0.15) is 0 Å². The number of phenols is 1. The van der Waals surface area contributed by atoms with E-state index in [1.54, 1.807) is 12.1 Å². The summed E-state index contributed by atoms with van der Waals surface area (Å²) in [6.45, 7) is 3.45. The smallest absolute Gasteiger partial charge is 0.115 e. The zero-order chi connectivity index (χ0) is 14.2. The van der Waals surface area contributed by atoms with Crippen LogP contribution in [0.15, 0.2) is 24.3 Å². The van der Waals surface area contributed by atoms with Crippen molar-refractivity contribution in [3.05, 3.63) is 29.8 Å². The lowest BCUT2D eigenvalue weighted by Gasteiger charge is -2.22. The van der Waals surface area contributed by atoms with E-state index in [1.807, 2.05) is 12.1 Å². The third-order valence-corrected chi connectivity index (χ3v) is 4.57. The molecule has 1 unspecified atom stereocenters. The van der Waals surface area contributed by atoms with Gasteiger partial charge in [-0.05, 0) is 56.3 Å². The number of benzene rings is 1. The molecular weight excluding hydrogens is 246 g/mol. The number of aromatic hydroxyl groups is 1. The Hall–Kier alpha value is -1.02. The van der Waals surface area contributed by atoms with Crippen LogP contribution < -0.4 is 5.32 Å². The first-order valence-electron chi connectivity index (χ1n) is 8.25. The first-order valence-corrected chi connectivity index (χ1v) is 8.25. The molecule has 20 heavy (non-hydrogen) atoms. The van der Waals surface area contributed by atoms with Gasteiger partial charge in [-0.25, -0.2) is 0 Å². The average Bonchev–Trinajstić information content (AvgIpc) is 2.48. The Balaban J connectivity index is 1.57. The molecule has 1 saturated carbocycles. The summed E-state index contributed by atoms with van der Waals surface area (Å²) >= 11 is 0. The molecule has 0 aromatic heterocycles. The van der Waals surface area contributed by atoms with E-state index < -0.39 is 0 Å². The van der Waals surface area contributed by atoms with Gasteiger partial charge in [0.05, 0.1) is 0 Å². The topological polar surface area (TPSA) is 32.3 Å². The van der Waals surface area contributed by atoms with Crippen molar-refractivity contribution in [1.29, 1.82) is 0 Å². The van der Waals surface area contributed by atoms with Gasteiger partial charge in [-0.1, -0.05) is 44.2 Å². The lowest BCUT2D eigenvalue weighted by molar-refractivity contribution is 0.327. The van der Waals surface area contributed by atoms with Gasteiger partial charge < -0.3 is 10.4 Å². The molecule has 1 fully saturated rings. The molecule has 2 rings (SSSR count). The van der Waals surface area contributed by atoms with Crippen LogP contribution in [0.2, 0.25) is 0 Å². The fourth-order valence-electron chi connectivity index (χ4n) is 3.16. The zero-order valence-electron chi connectivity index (χ0n) is 12.8. The van der Waals surface area contributed by atoms with Crippen molar-refractivity contribution in [2.75, 3.05) is 6.54 Å². The number of rotatable bonds is 7. The maximum atomic E-state index is 9.26. The Labute approximate surface area is 123 Å². The molecule has 0 aliphatic heterocycles. The molecule has 2 heteroatoms. The Bertz CT molecular complexity index is 368. The highest BCUT2D eigenvalue weighted by atomic mass is 16.3. The highest BCUT2D eigenvalue weighted by molar-refractivity contribution is 5.25. The molecule has 0 saturated heterocycles. The molecule has 112 valence electrons. The molecule has 2 N–H and O–H groups in total. The van der Waals surface area contributed by atoms with E-state index in [9.17, 15) is 5.11 Å². The molecule has 1 aliphatic carbocycles. The summed E-state index contributed by atoms with van der Waals surface area (Å²) < 4.78 is 0. The van der Waals surface area contributed by atoms with E-state index in [0.29, 0.717) is 11.8 Å². The fourth-order valence-corrected chi connectivity index (χ4v) is 3.16. The van der Waals surface area contributed by atoms with Gasteiger partial charge in [0.1, 0.15) is 5.75 Å². The van der Waals surface area contributed by atoms with E-state index in [0.717, 1.165) is 18.8 Å². The molecular formula is C18H29NO. The van der Waals surface area contributed by atoms with Crippen molar-refractivity contribution >= 4 is 0 Å². The average molecular weight is 275 g/mol. The van der Waals surface area contributed by atoms with E-state index in [2.05, 4.69) is 12.2 Å². The number of phenolic OH excluding ortho intramolecular Hbond substituents is 1. The van der Waals surface area contributed by atoms with Crippen LogP contribution in [-0.4, -0.2) is 17.7 Å². The minimum atomic E-state index is 0.354. The van der Waals surface area contributed by atoms with Crippen LogP contribution in [0.4, 0.5) is 0 Å². The van der Waals surface area contributed by atoms with Gasteiger partial charge in [-0.15, -0.1) is 0 Å². The predicted octanol–water partition coefficient (Wildman–Crippen LogP) is 4.27. The predicted molar refractivity (Wildman–Crippen MR) is 85.1 cm³/mol. The minimum absolute atomic E-state index is 0.354. The van der Waals surface area contributed by atoms with E-state index in [1.165, 1.54) is 50.6 Å². The monoisotopic (exact) mass is 275 g/mol. The summed E-state index contributed by atoms with van der Waals surface area (Å²) in [6.07, 6.45) is 10.8. The standard InChI is InChI=1S/C18H29NO/c1-15(7-8-17-9-11-18(20)12-10-17)19-14-13-16-5-3-2-4-6-16/h9-12,15-16,19-20H,2-8,13-14H2,1H3. The number of hydrogen-bond acceptors (Lipinski definition) is 2. The SMILES string of the molecule is CC(CCc1ccc(O)cc1)NCCC1CCCCC1. The van der Waals surface area contributed by atoms with Crippen molar-refractivity contribution in [3.8, 4) is 5.75 Å². The number of aryl methyl sites for hydroxylation is 1. The summed E-state index contributed by atoms with van der Waals surface area (Å²) in [4.78, 5) is 0. The summed E-state index contributed by atoms with van der Waals surface area (Å²) in [5.74, 6) is 1.33. The first kappa shape index (κ1) is 15.4. The maximum absolute atomic E-state index is 9.26. The van der Waals surface area contributed by atoms with Crippen LogP contribution in [0.5, 0.6) is 5.75 Å². The van der Waals surface area contributed by atoms with Crippen molar-refractivity contribution in [3.63, 3.8) is 0 Å². The van der Waals surface area contributed by atoms with Crippen LogP contribution in [0.1, 0.15) is 57.4 Å². The molecule has 2 nitrogen and oxygen atoms in total. The first-order chi connectivity index (χ1) is 9.74. The van der Waals surface area contributed by atoms with E-state index >= 15 is 0 Å². The Morgan fingerprint density at radius 3 is 2.55 bits per heavy atom. The molecule has 0 heterocycles. The summed E-state index contributed by atoms with van der Waals surface area (Å²) in [6, 6.07) is 8.16. The van der Waals surface area contributed by atoms with E-state index in [4.69, 9.17) is 0 Å². The maximum Gasteiger partial charge on any atom is 0.115 e. The van der Waals surface area contributed by atoms with Crippen molar-refractivity contribution in [2.45, 2.75) is 64.3 Å². The number of nitrogens with one attached hydrogen (secondary N) is 1. The summed E-state index contributed by atoms with van der Waals surface area (Å²) in [5.41, 5.74) is 1.31. The second-order valence-corrected chi connectivity index (χ2v) is 6.35. The van der Waals surface area contributed by atoms with Crippen molar-refractivity contribution in [1.82, 2.24) is 5.32 Å². The van der Waals surface area contributed by atoms with Crippen molar-refractivity contribution < 1.29 is 5.11 Å². The third-order valence-electron chi connectivity index (χ3n) is 4.57. The molecule has 1 aromatic carbocycles. The molecule has 0 amide bonds. The normalized spacial score (nSPS) is 18.1. The Kier molecular flexibility index (Phi) is 6.38. The molecule has 0 bridgehead atoms. The van der Waals surface area contributed by atoms with Crippen LogP contribution in [0.25, 0.3) is 0 Å². The lowest BCUT2D eigenvalue weighted by atomic mass is 9.87. The lowest BCUT2D eigenvalue weighted by Crippen LogP contribution is -2.29. The largest absolute Gasteiger partial charge is 0.508 e. The van der Waals surface area contributed by atoms with E-state index in [-0.39, 0.29) is 0 Å². The van der Waals surface area contributed by atoms with Crippen LogP contribution in [0.3, 0.4) is 0 Å². The van der Waals surface area contributed by atoms with Crippen LogP contribution in [-0.2, 0) is 6.42 Å². The van der Waals surface area contributed by atoms with Gasteiger partial charge in [0.25, 0.3) is 0 Å². The third kappa shape index (κ3) is 5.54. The molecule has 1 aromatic rings. The van der Waals surface area contributed by atoms with Gasteiger partial charge in [0, 0.05) is 6.04 Å². The number of hydrogen-bond donors (Lipinski definition) is 2. The second-order valence-electron chi connectivity index (χ2n) is 6.35. The summed E-state index contributed by atoms with van der Waals surface area (Å²) in [5, 5.41) is 12.9. The van der Waals surface area contributed by atoms with Gasteiger partial charge >= 0.3 is 0 Å². The van der Waals surface area contributed by atoms with Gasteiger partial charge in [0.15, 0.2) is 0 Å². The summed E-state index contributed by atoms with van der Waals surface area (Å²) in [7, 11) is 0. The van der Waals surface area contributed by atoms with Crippen LogP contribution >= 0.6 is 0 Å². The fraction of sp³-hybridized carbons (Fsp3) is 0.667. The zero-order valence-corrected chi connectivity index (χ0v) is 12.8. The van der Waals surface area contributed by atoms with Crippen LogP contribution in [0, 0.1) is 5.92 Å². The Morgan fingerprint density at radius 2 is 1.85 bits per heavy atom. The molecule has 1 aliphatic rings. The van der Waals surface area contributed by atoms with Gasteiger partial charge in [0.2, 0.25) is 0 Å².